The third kappa shape index (κ3) is 6.38. The summed E-state index contributed by atoms with van der Waals surface area (Å²) in [4.78, 5) is 45.6. The lowest BCUT2D eigenvalue weighted by Crippen LogP contribution is -2.49. The Bertz CT molecular complexity index is 924. The number of nitrogens with one attached hydrogen (secondary N) is 1. The summed E-state index contributed by atoms with van der Waals surface area (Å²) >= 11 is 0. The van der Waals surface area contributed by atoms with Crippen LogP contribution >= 0.6 is 0 Å². The van der Waals surface area contributed by atoms with E-state index in [-0.39, 0.29) is 17.9 Å². The molecule has 0 aromatic carbocycles. The number of alkyl halides is 3. The number of amides is 3. The number of anilines is 1. The summed E-state index contributed by atoms with van der Waals surface area (Å²) in [7, 11) is 3.68. The molecule has 4 rings (SSSR count). The lowest BCUT2D eigenvalue weighted by molar-refractivity contribution is -0.192. The Morgan fingerprint density at radius 1 is 1.14 bits per heavy atom. The summed E-state index contributed by atoms with van der Waals surface area (Å²) in [6.07, 6.45) is 2.94. The number of aliphatic carboxylic acids is 1. The second-order valence-corrected chi connectivity index (χ2v) is 9.90. The van der Waals surface area contributed by atoms with Crippen LogP contribution in [0.3, 0.4) is 0 Å². The first-order chi connectivity index (χ1) is 16.9. The number of rotatable bonds is 3. The van der Waals surface area contributed by atoms with Crippen molar-refractivity contribution in [1.29, 1.82) is 0 Å². The summed E-state index contributed by atoms with van der Waals surface area (Å²) in [5, 5.41) is 10.4. The highest BCUT2D eigenvalue weighted by Gasteiger charge is 2.54. The van der Waals surface area contributed by atoms with Crippen molar-refractivity contribution in [2.75, 3.05) is 45.2 Å². The number of carbonyl (C=O) groups excluding carboxylic acids is 2. The highest BCUT2D eigenvalue weighted by atomic mass is 19.4. The van der Waals surface area contributed by atoms with Gasteiger partial charge in [0.25, 0.3) is 0 Å². The molecule has 0 spiro atoms. The third-order valence-corrected chi connectivity index (χ3v) is 7.20. The van der Waals surface area contributed by atoms with Crippen LogP contribution in [0.2, 0.25) is 0 Å². The Balaban J connectivity index is 0.000000454. The molecule has 2 atom stereocenters. The molecule has 12 heteroatoms. The fraction of sp³-hybridized carbons (Fsp3) is 0.667. The van der Waals surface area contributed by atoms with Crippen LogP contribution in [-0.2, 0) is 9.59 Å². The molecule has 200 valence electrons. The van der Waals surface area contributed by atoms with Gasteiger partial charge in [0.15, 0.2) is 0 Å². The molecule has 1 aromatic rings. The highest BCUT2D eigenvalue weighted by Crippen LogP contribution is 2.45. The van der Waals surface area contributed by atoms with Gasteiger partial charge in [-0.25, -0.2) is 14.6 Å². The van der Waals surface area contributed by atoms with Crippen molar-refractivity contribution in [2.24, 2.45) is 11.3 Å². The molecule has 1 aliphatic carbocycles. The molecule has 0 radical (unpaired) electrons. The molecule has 36 heavy (non-hydrogen) atoms. The van der Waals surface area contributed by atoms with Gasteiger partial charge in [-0.1, -0.05) is 18.9 Å². The average molecular weight is 514 g/mol. The molecule has 3 aliphatic rings. The molecule has 2 N–H and O–H groups in total. The molecule has 2 aliphatic heterocycles. The molecular weight excluding hydrogens is 479 g/mol. The Morgan fingerprint density at radius 3 is 2.36 bits per heavy atom. The lowest BCUT2D eigenvalue weighted by Gasteiger charge is -2.34. The van der Waals surface area contributed by atoms with Gasteiger partial charge >= 0.3 is 18.2 Å². The fourth-order valence-corrected chi connectivity index (χ4v) is 5.46. The van der Waals surface area contributed by atoms with E-state index < -0.39 is 17.6 Å². The summed E-state index contributed by atoms with van der Waals surface area (Å²) in [5.74, 6) is -1.56. The number of carboxylic acids is 1. The Kier molecular flexibility index (Phi) is 8.67. The maximum absolute atomic E-state index is 13.3. The summed E-state index contributed by atoms with van der Waals surface area (Å²) in [6, 6.07) is 6.25. The largest absolute Gasteiger partial charge is 0.490 e. The second-order valence-electron chi connectivity index (χ2n) is 9.90. The molecule has 2 saturated heterocycles. The minimum atomic E-state index is -5.08. The van der Waals surface area contributed by atoms with E-state index >= 15 is 0 Å². The topological polar surface area (TPSA) is 106 Å². The van der Waals surface area contributed by atoms with E-state index in [1.807, 2.05) is 37.2 Å². The van der Waals surface area contributed by atoms with Gasteiger partial charge in [-0.15, -0.1) is 0 Å². The summed E-state index contributed by atoms with van der Waals surface area (Å²) < 4.78 is 31.7. The first-order valence-corrected chi connectivity index (χ1v) is 12.2. The molecular formula is C24H34F3N5O4. The molecule has 0 bridgehead atoms. The van der Waals surface area contributed by atoms with Gasteiger partial charge in [-0.3, -0.25) is 4.79 Å². The van der Waals surface area contributed by atoms with E-state index in [2.05, 4.69) is 15.2 Å². The fourth-order valence-electron chi connectivity index (χ4n) is 5.46. The van der Waals surface area contributed by atoms with E-state index in [4.69, 9.17) is 9.90 Å². The van der Waals surface area contributed by atoms with Crippen molar-refractivity contribution in [2.45, 2.75) is 50.7 Å². The number of urea groups is 1. The van der Waals surface area contributed by atoms with E-state index in [9.17, 15) is 22.8 Å². The first-order valence-electron chi connectivity index (χ1n) is 12.2. The number of likely N-dealkylation sites (tertiary alicyclic amines) is 1. The van der Waals surface area contributed by atoms with Crippen LogP contribution in [0.4, 0.5) is 23.8 Å². The van der Waals surface area contributed by atoms with E-state index in [0.29, 0.717) is 19.1 Å². The quantitative estimate of drug-likeness (QED) is 0.644. The minimum Gasteiger partial charge on any atom is -0.475 e. The van der Waals surface area contributed by atoms with E-state index in [0.717, 1.165) is 44.6 Å². The lowest BCUT2D eigenvalue weighted by atomic mass is 9.74. The van der Waals surface area contributed by atoms with Crippen LogP contribution in [0.25, 0.3) is 0 Å². The average Bonchev–Trinajstić information content (AvgIpc) is 3.43. The molecule has 0 unspecified atom stereocenters. The van der Waals surface area contributed by atoms with E-state index in [1.165, 1.54) is 12.8 Å². The number of nitrogens with zero attached hydrogens (tertiary/aromatic N) is 4. The SMILES string of the molecule is CN(C)C(=O)[C@]12CCCN(C(=O)NC3CCCC3)C[C@H]1CN(c1ccccn1)C2.O=C(O)C(F)(F)F. The number of hydrogen-bond donors (Lipinski definition) is 2. The number of pyridine rings is 1. The molecule has 3 heterocycles. The van der Waals surface area contributed by atoms with Crippen molar-refractivity contribution in [3.05, 3.63) is 24.4 Å². The molecule has 9 nitrogen and oxygen atoms in total. The molecule has 1 aromatic heterocycles. The third-order valence-electron chi connectivity index (χ3n) is 7.20. The molecule has 3 fully saturated rings. The summed E-state index contributed by atoms with van der Waals surface area (Å²) in [6.45, 7) is 2.77. The monoisotopic (exact) mass is 513 g/mol. The first kappa shape index (κ1) is 27.5. The second kappa shape index (κ2) is 11.3. The number of carboxylic acid groups (broad SMARTS) is 1. The predicted molar refractivity (Wildman–Crippen MR) is 126 cm³/mol. The standard InChI is InChI=1S/C22H33N5O2.C2HF3O2/c1-25(2)20(28)22-11-7-13-26(21(29)24-18-8-3-4-9-18)14-17(22)15-27(16-22)19-10-5-6-12-23-19;3-2(4,5)1(6)7/h5-6,10,12,17-18H,3-4,7-9,11,13-16H2,1-2H3,(H,24,29);(H,6,7)/t17-,22-;/m0./s1. The number of aromatic nitrogens is 1. The van der Waals surface area contributed by atoms with Crippen molar-refractivity contribution in [3.8, 4) is 0 Å². The highest BCUT2D eigenvalue weighted by molar-refractivity contribution is 5.85. The number of fused-ring (bicyclic) bond motifs is 1. The normalized spacial score (nSPS) is 24.3. The summed E-state index contributed by atoms with van der Waals surface area (Å²) in [5.41, 5.74) is -0.455. The van der Waals surface area contributed by atoms with Crippen molar-refractivity contribution >= 4 is 23.7 Å². The van der Waals surface area contributed by atoms with Crippen molar-refractivity contribution in [3.63, 3.8) is 0 Å². The van der Waals surface area contributed by atoms with Crippen molar-refractivity contribution < 1.29 is 32.7 Å². The minimum absolute atomic E-state index is 0.0429. The Hall–Kier alpha value is -3.05. The zero-order chi connectivity index (χ0) is 26.5. The molecule has 1 saturated carbocycles. The van der Waals surface area contributed by atoms with Crippen LogP contribution in [-0.4, -0.2) is 90.3 Å². The van der Waals surface area contributed by atoms with E-state index in [1.54, 1.807) is 11.1 Å². The maximum atomic E-state index is 13.3. The van der Waals surface area contributed by atoms with Crippen LogP contribution < -0.4 is 10.2 Å². The van der Waals surface area contributed by atoms with Gasteiger partial charge in [0, 0.05) is 58.4 Å². The van der Waals surface area contributed by atoms with Gasteiger partial charge in [-0.05, 0) is 37.8 Å². The smallest absolute Gasteiger partial charge is 0.475 e. The van der Waals surface area contributed by atoms with Gasteiger partial charge in [-0.2, -0.15) is 13.2 Å². The molecule has 3 amide bonds. The van der Waals surface area contributed by atoms with Gasteiger partial charge in [0.05, 0.1) is 5.41 Å². The van der Waals surface area contributed by atoms with Crippen LogP contribution in [0.1, 0.15) is 38.5 Å². The number of carbonyl (C=O) groups is 3. The number of hydrogen-bond acceptors (Lipinski definition) is 5. The zero-order valence-electron chi connectivity index (χ0n) is 20.6. The van der Waals surface area contributed by atoms with Crippen LogP contribution in [0.15, 0.2) is 24.4 Å². The van der Waals surface area contributed by atoms with Gasteiger partial charge in [0.2, 0.25) is 5.91 Å². The zero-order valence-corrected chi connectivity index (χ0v) is 20.6. The Morgan fingerprint density at radius 2 is 1.81 bits per heavy atom. The van der Waals surface area contributed by atoms with Crippen molar-refractivity contribution in [1.82, 2.24) is 20.1 Å². The number of halogens is 3. The van der Waals surface area contributed by atoms with Crippen LogP contribution in [0.5, 0.6) is 0 Å². The van der Waals surface area contributed by atoms with Gasteiger partial charge < -0.3 is 25.1 Å². The van der Waals surface area contributed by atoms with Crippen LogP contribution in [0, 0.1) is 11.3 Å². The predicted octanol–water partition coefficient (Wildman–Crippen LogP) is 2.97. The van der Waals surface area contributed by atoms with Gasteiger partial charge in [0.1, 0.15) is 5.82 Å². The maximum Gasteiger partial charge on any atom is 0.490 e. The Labute approximate surface area is 208 Å².